The maximum atomic E-state index is 12.2. The van der Waals surface area contributed by atoms with Crippen molar-refractivity contribution in [3.63, 3.8) is 0 Å². The molecule has 0 saturated carbocycles. The minimum Gasteiger partial charge on any atom is -0.484 e. The lowest BCUT2D eigenvalue weighted by molar-refractivity contribution is -0.118. The fourth-order valence-corrected chi connectivity index (χ4v) is 2.49. The first-order valence-electron chi connectivity index (χ1n) is 7.74. The molecule has 0 bridgehead atoms. The third kappa shape index (κ3) is 3.46. The van der Waals surface area contributed by atoms with Crippen LogP contribution in [0.3, 0.4) is 0 Å². The van der Waals surface area contributed by atoms with E-state index >= 15 is 0 Å². The number of aryl methyl sites for hydroxylation is 1. The fraction of sp³-hybridized carbons (Fsp3) is 0.158. The Labute approximate surface area is 140 Å². The molecule has 0 aliphatic rings. The van der Waals surface area contributed by atoms with Crippen molar-refractivity contribution in [2.24, 2.45) is 0 Å². The summed E-state index contributed by atoms with van der Waals surface area (Å²) >= 11 is 0. The molecule has 5 heteroatoms. The van der Waals surface area contributed by atoms with Gasteiger partial charge >= 0.3 is 0 Å². The average molecular weight is 321 g/mol. The van der Waals surface area contributed by atoms with E-state index in [0.717, 1.165) is 22.8 Å². The Morgan fingerprint density at radius 3 is 2.33 bits per heavy atom. The first-order valence-corrected chi connectivity index (χ1v) is 7.74. The van der Waals surface area contributed by atoms with Gasteiger partial charge in [-0.3, -0.25) is 4.79 Å². The van der Waals surface area contributed by atoms with Crippen molar-refractivity contribution in [3.8, 4) is 11.4 Å². The molecule has 0 aliphatic heterocycles. The third-order valence-corrected chi connectivity index (χ3v) is 3.67. The summed E-state index contributed by atoms with van der Waals surface area (Å²) in [6, 6.07) is 19.1. The summed E-state index contributed by atoms with van der Waals surface area (Å²) in [5.41, 5.74) is 3.33. The van der Waals surface area contributed by atoms with Gasteiger partial charge < -0.3 is 10.1 Å². The highest BCUT2D eigenvalue weighted by Crippen LogP contribution is 2.22. The lowest BCUT2D eigenvalue weighted by atomic mass is 10.3. The van der Waals surface area contributed by atoms with Crippen molar-refractivity contribution in [1.82, 2.24) is 9.78 Å². The highest BCUT2D eigenvalue weighted by molar-refractivity contribution is 5.93. The van der Waals surface area contributed by atoms with Crippen LogP contribution in [0.1, 0.15) is 11.4 Å². The molecule has 1 aromatic heterocycles. The van der Waals surface area contributed by atoms with E-state index < -0.39 is 0 Å². The summed E-state index contributed by atoms with van der Waals surface area (Å²) in [5, 5.41) is 7.40. The van der Waals surface area contributed by atoms with Crippen LogP contribution in [-0.4, -0.2) is 22.3 Å². The smallest absolute Gasteiger partial charge is 0.262 e. The molecule has 0 aliphatic carbocycles. The third-order valence-electron chi connectivity index (χ3n) is 3.67. The second-order valence-electron chi connectivity index (χ2n) is 5.44. The number of nitrogens with zero attached hydrogens (tertiary/aromatic N) is 2. The van der Waals surface area contributed by atoms with E-state index in [1.165, 1.54) is 0 Å². The van der Waals surface area contributed by atoms with Gasteiger partial charge in [-0.2, -0.15) is 5.10 Å². The number of amides is 1. The van der Waals surface area contributed by atoms with Crippen molar-refractivity contribution in [1.29, 1.82) is 0 Å². The van der Waals surface area contributed by atoms with E-state index in [9.17, 15) is 4.79 Å². The first-order chi connectivity index (χ1) is 11.6. The molecule has 24 heavy (non-hydrogen) atoms. The lowest BCUT2D eigenvalue weighted by Crippen LogP contribution is -2.20. The minimum atomic E-state index is -0.210. The zero-order valence-corrected chi connectivity index (χ0v) is 13.7. The molecule has 1 amide bonds. The zero-order valence-electron chi connectivity index (χ0n) is 13.7. The van der Waals surface area contributed by atoms with E-state index in [0.29, 0.717) is 5.75 Å². The number of carbonyl (C=O) groups is 1. The van der Waals surface area contributed by atoms with Crippen LogP contribution in [0.2, 0.25) is 0 Å². The van der Waals surface area contributed by atoms with Crippen LogP contribution in [0, 0.1) is 13.8 Å². The molecule has 5 nitrogen and oxygen atoms in total. The zero-order chi connectivity index (χ0) is 16.9. The normalized spacial score (nSPS) is 10.4. The Balaban J connectivity index is 1.71. The van der Waals surface area contributed by atoms with Crippen LogP contribution in [-0.2, 0) is 4.79 Å². The van der Waals surface area contributed by atoms with Gasteiger partial charge in [-0.1, -0.05) is 36.4 Å². The molecule has 0 atom stereocenters. The number of benzene rings is 2. The highest BCUT2D eigenvalue weighted by Gasteiger charge is 2.15. The summed E-state index contributed by atoms with van der Waals surface area (Å²) in [6.07, 6.45) is 0. The van der Waals surface area contributed by atoms with Gasteiger partial charge in [-0.15, -0.1) is 0 Å². The molecule has 3 aromatic rings. The molecule has 0 fully saturated rings. The van der Waals surface area contributed by atoms with Gasteiger partial charge in [-0.05, 0) is 38.1 Å². The maximum Gasteiger partial charge on any atom is 0.262 e. The van der Waals surface area contributed by atoms with Crippen molar-refractivity contribution in [2.75, 3.05) is 11.9 Å². The standard InChI is InChI=1S/C19H19N3O2/c1-14-19(15(2)22(21-14)16-9-5-3-6-10-16)20-18(23)13-24-17-11-7-4-8-12-17/h3-12H,13H2,1-2H3,(H,20,23). The summed E-state index contributed by atoms with van der Waals surface area (Å²) in [4.78, 5) is 12.2. The number of carbonyl (C=O) groups excluding carboxylic acids is 1. The molecular formula is C19H19N3O2. The predicted octanol–water partition coefficient (Wildman–Crippen LogP) is 3.51. The van der Waals surface area contributed by atoms with Gasteiger partial charge in [-0.25, -0.2) is 4.68 Å². The molecule has 2 aromatic carbocycles. The van der Waals surface area contributed by atoms with Gasteiger partial charge in [0.25, 0.3) is 5.91 Å². The van der Waals surface area contributed by atoms with E-state index in [2.05, 4.69) is 10.4 Å². The number of ether oxygens (including phenoxy) is 1. The number of nitrogens with one attached hydrogen (secondary N) is 1. The van der Waals surface area contributed by atoms with Gasteiger partial charge in [0.2, 0.25) is 0 Å². The quantitative estimate of drug-likeness (QED) is 0.782. The molecule has 0 spiro atoms. The van der Waals surface area contributed by atoms with Crippen molar-refractivity contribution < 1.29 is 9.53 Å². The molecule has 1 N–H and O–H groups in total. The SMILES string of the molecule is Cc1nn(-c2ccccc2)c(C)c1NC(=O)COc1ccccc1. The molecule has 0 radical (unpaired) electrons. The summed E-state index contributed by atoms with van der Waals surface area (Å²) in [6.45, 7) is 3.76. The highest BCUT2D eigenvalue weighted by atomic mass is 16.5. The molecule has 122 valence electrons. The molecule has 3 rings (SSSR count). The molecular weight excluding hydrogens is 302 g/mol. The van der Waals surface area contributed by atoms with Crippen LogP contribution in [0.15, 0.2) is 60.7 Å². The van der Waals surface area contributed by atoms with Crippen LogP contribution in [0.25, 0.3) is 5.69 Å². The number of rotatable bonds is 5. The Hall–Kier alpha value is -3.08. The Kier molecular flexibility index (Phi) is 4.61. The summed E-state index contributed by atoms with van der Waals surface area (Å²) in [7, 11) is 0. The average Bonchev–Trinajstić information content (AvgIpc) is 2.90. The minimum absolute atomic E-state index is 0.0423. The number of aromatic nitrogens is 2. The van der Waals surface area contributed by atoms with Gasteiger partial charge in [0, 0.05) is 0 Å². The Morgan fingerprint density at radius 2 is 1.67 bits per heavy atom. The van der Waals surface area contributed by atoms with E-state index in [1.54, 1.807) is 0 Å². The van der Waals surface area contributed by atoms with Crippen molar-refractivity contribution in [3.05, 3.63) is 72.1 Å². The lowest BCUT2D eigenvalue weighted by Gasteiger charge is -2.08. The van der Waals surface area contributed by atoms with Gasteiger partial charge in [0.05, 0.1) is 22.8 Å². The van der Waals surface area contributed by atoms with E-state index in [-0.39, 0.29) is 12.5 Å². The van der Waals surface area contributed by atoms with Crippen LogP contribution < -0.4 is 10.1 Å². The second kappa shape index (κ2) is 7.00. The van der Waals surface area contributed by atoms with E-state index in [1.807, 2.05) is 79.2 Å². The fourth-order valence-electron chi connectivity index (χ4n) is 2.49. The van der Waals surface area contributed by atoms with Crippen LogP contribution >= 0.6 is 0 Å². The van der Waals surface area contributed by atoms with Crippen LogP contribution in [0.5, 0.6) is 5.75 Å². The predicted molar refractivity (Wildman–Crippen MR) is 93.6 cm³/mol. The molecule has 0 unspecified atom stereocenters. The van der Waals surface area contributed by atoms with Gasteiger partial charge in [0.1, 0.15) is 5.75 Å². The van der Waals surface area contributed by atoms with Crippen molar-refractivity contribution in [2.45, 2.75) is 13.8 Å². The second-order valence-corrected chi connectivity index (χ2v) is 5.44. The largest absolute Gasteiger partial charge is 0.484 e. The number of para-hydroxylation sites is 2. The number of anilines is 1. The van der Waals surface area contributed by atoms with Gasteiger partial charge in [0.15, 0.2) is 6.61 Å². The Morgan fingerprint density at radius 1 is 1.04 bits per heavy atom. The molecule has 0 saturated heterocycles. The monoisotopic (exact) mass is 321 g/mol. The summed E-state index contributed by atoms with van der Waals surface area (Å²) < 4.78 is 7.29. The maximum absolute atomic E-state index is 12.2. The van der Waals surface area contributed by atoms with Crippen LogP contribution in [0.4, 0.5) is 5.69 Å². The Bertz CT molecular complexity index is 827. The number of hydrogen-bond acceptors (Lipinski definition) is 3. The molecule has 1 heterocycles. The topological polar surface area (TPSA) is 56.2 Å². The number of hydrogen-bond donors (Lipinski definition) is 1. The first kappa shape index (κ1) is 15.8. The van der Waals surface area contributed by atoms with Crippen molar-refractivity contribution >= 4 is 11.6 Å². The summed E-state index contributed by atoms with van der Waals surface area (Å²) in [5.74, 6) is 0.457. The van der Waals surface area contributed by atoms with E-state index in [4.69, 9.17) is 4.74 Å².